The van der Waals surface area contributed by atoms with Crippen LogP contribution in [0.4, 0.5) is 0 Å². The average molecular weight is 305 g/mol. The van der Waals surface area contributed by atoms with Gasteiger partial charge in [-0.3, -0.25) is 0 Å². The van der Waals surface area contributed by atoms with Crippen LogP contribution in [0.15, 0.2) is 42.7 Å². The summed E-state index contributed by atoms with van der Waals surface area (Å²) >= 11 is 0. The first kappa shape index (κ1) is 14.3. The first-order valence-electron chi connectivity index (χ1n) is 7.16. The summed E-state index contributed by atoms with van der Waals surface area (Å²) in [5.41, 5.74) is 2.22. The van der Waals surface area contributed by atoms with E-state index in [-0.39, 0.29) is 6.04 Å². The Morgan fingerprint density at radius 3 is 2.67 bits per heavy atom. The maximum absolute atomic E-state index is 11.4. The van der Waals surface area contributed by atoms with Crippen LogP contribution in [0.5, 0.6) is 0 Å². The topological polar surface area (TPSA) is 64.0 Å². The van der Waals surface area contributed by atoms with E-state index in [0.29, 0.717) is 24.3 Å². The fraction of sp³-hybridized carbons (Fsp3) is 0.400. The standard InChI is InChI=1S/C15H19N3O2S/c19-21(20)10-6-14(7-11-21)16-12-13-4-1-2-5-15(13)18-9-3-8-17-18/h1-5,8-9,14,16H,6-7,10-12H2. The van der Waals surface area contributed by atoms with Gasteiger partial charge in [-0.25, -0.2) is 13.1 Å². The first-order valence-corrected chi connectivity index (χ1v) is 8.98. The summed E-state index contributed by atoms with van der Waals surface area (Å²) in [6.45, 7) is 0.723. The lowest BCUT2D eigenvalue weighted by molar-refractivity contribution is 0.462. The van der Waals surface area contributed by atoms with Gasteiger partial charge < -0.3 is 5.32 Å². The van der Waals surface area contributed by atoms with Gasteiger partial charge in [-0.1, -0.05) is 18.2 Å². The van der Waals surface area contributed by atoms with Gasteiger partial charge in [0, 0.05) is 25.0 Å². The highest BCUT2D eigenvalue weighted by molar-refractivity contribution is 7.91. The number of hydrogen-bond donors (Lipinski definition) is 1. The Morgan fingerprint density at radius 2 is 1.95 bits per heavy atom. The van der Waals surface area contributed by atoms with Gasteiger partial charge in [0.05, 0.1) is 17.2 Å². The van der Waals surface area contributed by atoms with Gasteiger partial charge in [0.15, 0.2) is 0 Å². The molecule has 3 rings (SSSR count). The number of hydrogen-bond acceptors (Lipinski definition) is 4. The van der Waals surface area contributed by atoms with Gasteiger partial charge in [0.1, 0.15) is 9.84 Å². The largest absolute Gasteiger partial charge is 0.310 e. The van der Waals surface area contributed by atoms with Crippen molar-refractivity contribution in [2.24, 2.45) is 0 Å². The Morgan fingerprint density at radius 1 is 1.19 bits per heavy atom. The molecule has 1 N–H and O–H groups in total. The van der Waals surface area contributed by atoms with Crippen molar-refractivity contribution in [2.75, 3.05) is 11.5 Å². The highest BCUT2D eigenvalue weighted by Gasteiger charge is 2.23. The van der Waals surface area contributed by atoms with E-state index in [2.05, 4.69) is 16.5 Å². The minimum absolute atomic E-state index is 0.277. The first-order chi connectivity index (χ1) is 10.1. The molecular weight excluding hydrogens is 286 g/mol. The predicted octanol–water partition coefficient (Wildman–Crippen LogP) is 1.54. The monoisotopic (exact) mass is 305 g/mol. The molecule has 112 valence electrons. The van der Waals surface area contributed by atoms with Crippen LogP contribution >= 0.6 is 0 Å². The molecule has 1 aliphatic rings. The van der Waals surface area contributed by atoms with E-state index in [4.69, 9.17) is 0 Å². The van der Waals surface area contributed by atoms with E-state index < -0.39 is 9.84 Å². The van der Waals surface area contributed by atoms with E-state index in [0.717, 1.165) is 17.8 Å². The van der Waals surface area contributed by atoms with Gasteiger partial charge in [0.25, 0.3) is 0 Å². The Kier molecular flexibility index (Phi) is 4.07. The minimum atomic E-state index is -2.80. The van der Waals surface area contributed by atoms with Crippen molar-refractivity contribution < 1.29 is 8.42 Å². The Labute approximate surface area is 124 Å². The van der Waals surface area contributed by atoms with Crippen LogP contribution in [-0.2, 0) is 16.4 Å². The molecule has 0 radical (unpaired) electrons. The SMILES string of the molecule is O=S1(=O)CCC(NCc2ccccc2-n2cccn2)CC1. The van der Waals surface area contributed by atoms with E-state index >= 15 is 0 Å². The van der Waals surface area contributed by atoms with Crippen molar-refractivity contribution in [1.82, 2.24) is 15.1 Å². The van der Waals surface area contributed by atoms with Crippen LogP contribution in [0.25, 0.3) is 5.69 Å². The van der Waals surface area contributed by atoms with Crippen molar-refractivity contribution in [1.29, 1.82) is 0 Å². The Bertz CT molecular complexity index is 681. The van der Waals surface area contributed by atoms with Crippen LogP contribution in [0, 0.1) is 0 Å². The molecule has 5 nitrogen and oxygen atoms in total. The number of para-hydroxylation sites is 1. The normalized spacial score (nSPS) is 18.7. The van der Waals surface area contributed by atoms with Crippen LogP contribution in [-0.4, -0.2) is 35.7 Å². The molecule has 21 heavy (non-hydrogen) atoms. The quantitative estimate of drug-likeness (QED) is 0.930. The number of aromatic nitrogens is 2. The predicted molar refractivity (Wildman–Crippen MR) is 82.1 cm³/mol. The zero-order valence-electron chi connectivity index (χ0n) is 11.8. The lowest BCUT2D eigenvalue weighted by Crippen LogP contribution is -2.37. The number of nitrogens with one attached hydrogen (secondary N) is 1. The minimum Gasteiger partial charge on any atom is -0.310 e. The molecule has 0 unspecified atom stereocenters. The summed E-state index contributed by atoms with van der Waals surface area (Å²) in [6, 6.07) is 10.3. The second-order valence-corrected chi connectivity index (χ2v) is 7.69. The van der Waals surface area contributed by atoms with Gasteiger partial charge in [-0.15, -0.1) is 0 Å². The van der Waals surface area contributed by atoms with Crippen LogP contribution in [0.2, 0.25) is 0 Å². The third kappa shape index (κ3) is 3.51. The second-order valence-electron chi connectivity index (χ2n) is 5.39. The summed E-state index contributed by atoms with van der Waals surface area (Å²) in [5, 5.41) is 7.74. The number of nitrogens with zero attached hydrogens (tertiary/aromatic N) is 2. The zero-order chi connectivity index (χ0) is 14.7. The third-order valence-corrected chi connectivity index (χ3v) is 5.59. The smallest absolute Gasteiger partial charge is 0.150 e. The molecule has 0 saturated carbocycles. The Hall–Kier alpha value is -1.66. The van der Waals surface area contributed by atoms with Gasteiger partial charge in [-0.2, -0.15) is 5.10 Å². The molecule has 0 spiro atoms. The van der Waals surface area contributed by atoms with Gasteiger partial charge in [0.2, 0.25) is 0 Å². The maximum atomic E-state index is 11.4. The molecule has 0 aliphatic carbocycles. The highest BCUT2D eigenvalue weighted by Crippen LogP contribution is 2.16. The van der Waals surface area contributed by atoms with Crippen molar-refractivity contribution in [3.05, 3.63) is 48.3 Å². The lowest BCUT2D eigenvalue weighted by Gasteiger charge is -2.23. The van der Waals surface area contributed by atoms with E-state index in [1.807, 2.05) is 35.1 Å². The number of benzene rings is 1. The van der Waals surface area contributed by atoms with Crippen LogP contribution < -0.4 is 5.32 Å². The molecule has 2 heterocycles. The van der Waals surface area contributed by atoms with E-state index in [1.165, 1.54) is 0 Å². The van der Waals surface area contributed by atoms with Crippen LogP contribution in [0.3, 0.4) is 0 Å². The molecule has 0 bridgehead atoms. The molecule has 0 amide bonds. The van der Waals surface area contributed by atoms with Crippen molar-refractivity contribution in [3.8, 4) is 5.69 Å². The van der Waals surface area contributed by atoms with Gasteiger partial charge in [-0.05, 0) is 30.5 Å². The maximum Gasteiger partial charge on any atom is 0.150 e. The summed E-state index contributed by atoms with van der Waals surface area (Å²) in [7, 11) is -2.80. The molecule has 2 aromatic rings. The number of rotatable bonds is 4. The fourth-order valence-corrected chi connectivity index (χ4v) is 4.13. The Balaban J connectivity index is 1.66. The highest BCUT2D eigenvalue weighted by atomic mass is 32.2. The van der Waals surface area contributed by atoms with Gasteiger partial charge >= 0.3 is 0 Å². The van der Waals surface area contributed by atoms with E-state index in [9.17, 15) is 8.42 Å². The molecule has 1 aliphatic heterocycles. The van der Waals surface area contributed by atoms with Crippen molar-refractivity contribution in [3.63, 3.8) is 0 Å². The van der Waals surface area contributed by atoms with Crippen LogP contribution in [0.1, 0.15) is 18.4 Å². The van der Waals surface area contributed by atoms with Crippen molar-refractivity contribution in [2.45, 2.75) is 25.4 Å². The molecular formula is C15H19N3O2S. The summed E-state index contributed by atoms with van der Waals surface area (Å²) in [6.07, 6.45) is 5.08. The average Bonchev–Trinajstić information content (AvgIpc) is 3.00. The molecule has 0 atom stereocenters. The molecule has 1 aromatic carbocycles. The molecule has 1 fully saturated rings. The summed E-state index contributed by atoms with van der Waals surface area (Å²) in [5.74, 6) is 0.594. The summed E-state index contributed by atoms with van der Waals surface area (Å²) < 4.78 is 24.7. The molecule has 1 saturated heterocycles. The fourth-order valence-electron chi connectivity index (χ4n) is 2.64. The lowest BCUT2D eigenvalue weighted by atomic mass is 10.1. The van der Waals surface area contributed by atoms with Crippen molar-refractivity contribution >= 4 is 9.84 Å². The third-order valence-electron chi connectivity index (χ3n) is 3.88. The molecule has 6 heteroatoms. The number of sulfone groups is 1. The zero-order valence-corrected chi connectivity index (χ0v) is 12.6. The summed E-state index contributed by atoms with van der Waals surface area (Å²) in [4.78, 5) is 0. The second kappa shape index (κ2) is 5.99. The van der Waals surface area contributed by atoms with E-state index in [1.54, 1.807) is 6.20 Å². The molecule has 1 aromatic heterocycles.